The highest BCUT2D eigenvalue weighted by Crippen LogP contribution is 2.29. The molecule has 1 heterocycles. The summed E-state index contributed by atoms with van der Waals surface area (Å²) in [5.41, 5.74) is 3.86. The Morgan fingerprint density at radius 3 is 2.52 bits per heavy atom. The van der Waals surface area contributed by atoms with Gasteiger partial charge in [-0.25, -0.2) is 0 Å². The molecule has 0 radical (unpaired) electrons. The molecule has 0 fully saturated rings. The Balaban J connectivity index is 1.75. The molecule has 0 spiro atoms. The third-order valence-electron chi connectivity index (χ3n) is 4.28. The van der Waals surface area contributed by atoms with E-state index < -0.39 is 5.25 Å². The highest BCUT2D eigenvalue weighted by molar-refractivity contribution is 8.00. The Morgan fingerprint density at radius 1 is 1.17 bits per heavy atom. The van der Waals surface area contributed by atoms with Crippen LogP contribution >= 0.6 is 11.8 Å². The van der Waals surface area contributed by atoms with E-state index in [4.69, 9.17) is 9.68 Å². The predicted octanol–water partition coefficient (Wildman–Crippen LogP) is 4.78. The minimum atomic E-state index is -0.443. The van der Waals surface area contributed by atoms with Crippen LogP contribution in [0.15, 0.2) is 58.2 Å². The first kappa shape index (κ1) is 20.6. The molecule has 0 saturated carbocycles. The van der Waals surface area contributed by atoms with Crippen LogP contribution < -0.4 is 4.90 Å². The quantitative estimate of drug-likeness (QED) is 0.525. The van der Waals surface area contributed by atoms with Gasteiger partial charge in [0.25, 0.3) is 5.22 Å². The molecule has 0 aliphatic carbocycles. The van der Waals surface area contributed by atoms with Gasteiger partial charge in [0, 0.05) is 17.8 Å². The fraction of sp³-hybridized carbons (Fsp3) is 0.273. The minimum absolute atomic E-state index is 0.109. The number of aromatic nitrogens is 2. The fourth-order valence-corrected chi connectivity index (χ4v) is 3.78. The lowest BCUT2D eigenvalue weighted by molar-refractivity contribution is -0.117. The average molecular weight is 407 g/mol. The lowest BCUT2D eigenvalue weighted by Crippen LogP contribution is -2.37. The van der Waals surface area contributed by atoms with Gasteiger partial charge in [0.05, 0.1) is 17.7 Å². The van der Waals surface area contributed by atoms with Crippen LogP contribution in [0.3, 0.4) is 0 Å². The van der Waals surface area contributed by atoms with Gasteiger partial charge >= 0.3 is 0 Å². The third-order valence-corrected chi connectivity index (χ3v) is 5.20. The summed E-state index contributed by atoms with van der Waals surface area (Å²) in [6.07, 6.45) is 0.259. The number of para-hydroxylation sites is 1. The lowest BCUT2D eigenvalue weighted by Gasteiger charge is -2.24. The van der Waals surface area contributed by atoms with Gasteiger partial charge in [-0.3, -0.25) is 4.79 Å². The molecular formula is C22H22N4O2S. The molecule has 0 N–H and O–H groups in total. The molecule has 0 aliphatic heterocycles. The maximum Gasteiger partial charge on any atom is 0.277 e. The van der Waals surface area contributed by atoms with Crippen molar-refractivity contribution in [3.05, 3.63) is 59.7 Å². The van der Waals surface area contributed by atoms with Crippen molar-refractivity contribution in [1.29, 1.82) is 5.26 Å². The molecule has 148 valence electrons. The molecule has 7 heteroatoms. The molecule has 3 rings (SSSR count). The van der Waals surface area contributed by atoms with E-state index in [0.717, 1.165) is 22.4 Å². The first-order valence-electron chi connectivity index (χ1n) is 9.30. The van der Waals surface area contributed by atoms with Crippen molar-refractivity contribution in [3.8, 4) is 17.5 Å². The molecule has 3 aromatic rings. The minimum Gasteiger partial charge on any atom is -0.411 e. The predicted molar refractivity (Wildman–Crippen MR) is 114 cm³/mol. The van der Waals surface area contributed by atoms with Gasteiger partial charge in [0.2, 0.25) is 11.8 Å². The van der Waals surface area contributed by atoms with E-state index >= 15 is 0 Å². The van der Waals surface area contributed by atoms with Gasteiger partial charge in [0.15, 0.2) is 0 Å². The van der Waals surface area contributed by atoms with Gasteiger partial charge in [-0.1, -0.05) is 47.2 Å². The van der Waals surface area contributed by atoms with Crippen LogP contribution in [0.4, 0.5) is 5.69 Å². The fourth-order valence-electron chi connectivity index (χ4n) is 3.03. The van der Waals surface area contributed by atoms with E-state index in [-0.39, 0.29) is 12.3 Å². The number of nitriles is 1. The number of rotatable bonds is 7. The van der Waals surface area contributed by atoms with Gasteiger partial charge in [0.1, 0.15) is 0 Å². The van der Waals surface area contributed by atoms with Gasteiger partial charge < -0.3 is 9.32 Å². The molecule has 1 amide bonds. The Morgan fingerprint density at radius 2 is 1.86 bits per heavy atom. The Kier molecular flexibility index (Phi) is 6.68. The van der Waals surface area contributed by atoms with Gasteiger partial charge in [-0.15, -0.1) is 10.2 Å². The van der Waals surface area contributed by atoms with Crippen molar-refractivity contribution in [1.82, 2.24) is 10.2 Å². The summed E-state index contributed by atoms with van der Waals surface area (Å²) in [5, 5.41) is 17.1. The second-order valence-electron chi connectivity index (χ2n) is 6.74. The van der Waals surface area contributed by atoms with Crippen LogP contribution in [0.1, 0.15) is 24.5 Å². The van der Waals surface area contributed by atoms with E-state index in [2.05, 4.69) is 22.3 Å². The van der Waals surface area contributed by atoms with E-state index in [0.29, 0.717) is 17.7 Å². The lowest BCUT2D eigenvalue weighted by atomic mass is 10.1. The average Bonchev–Trinajstić information content (AvgIpc) is 3.16. The van der Waals surface area contributed by atoms with Crippen LogP contribution in [-0.2, 0) is 4.79 Å². The smallest absolute Gasteiger partial charge is 0.277 e. The zero-order valence-corrected chi connectivity index (χ0v) is 17.4. The first-order valence-corrected chi connectivity index (χ1v) is 10.2. The second-order valence-corrected chi connectivity index (χ2v) is 8.04. The normalized spacial score (nSPS) is 11.7. The number of aryl methyl sites for hydroxylation is 2. The second kappa shape index (κ2) is 9.39. The zero-order valence-electron chi connectivity index (χ0n) is 16.6. The topological polar surface area (TPSA) is 83.0 Å². The first-order chi connectivity index (χ1) is 14.0. The van der Waals surface area contributed by atoms with Gasteiger partial charge in [-0.2, -0.15) is 5.26 Å². The molecule has 1 atom stereocenters. The zero-order chi connectivity index (χ0) is 20.8. The van der Waals surface area contributed by atoms with Crippen LogP contribution in [0, 0.1) is 25.2 Å². The third kappa shape index (κ3) is 5.24. The molecule has 1 unspecified atom stereocenters. The van der Waals surface area contributed by atoms with E-state index in [9.17, 15) is 4.79 Å². The number of benzene rings is 2. The number of thioether (sulfide) groups is 1. The van der Waals surface area contributed by atoms with Crippen LogP contribution in [0.5, 0.6) is 0 Å². The summed E-state index contributed by atoms with van der Waals surface area (Å²) < 4.78 is 5.78. The number of carbonyl (C=O) groups is 1. The largest absolute Gasteiger partial charge is 0.411 e. The van der Waals surface area contributed by atoms with Gasteiger partial charge in [-0.05, 0) is 45.0 Å². The summed E-state index contributed by atoms with van der Waals surface area (Å²) in [6, 6.07) is 17.5. The molecule has 0 saturated heterocycles. The number of amides is 1. The molecule has 6 nitrogen and oxygen atoms in total. The van der Waals surface area contributed by atoms with Crippen molar-refractivity contribution in [2.75, 3.05) is 11.4 Å². The summed E-state index contributed by atoms with van der Waals surface area (Å²) in [7, 11) is 0. The van der Waals surface area contributed by atoms with Crippen molar-refractivity contribution >= 4 is 23.4 Å². The number of anilines is 1. The van der Waals surface area contributed by atoms with Crippen molar-refractivity contribution < 1.29 is 9.21 Å². The Bertz CT molecular complexity index is 1010. The Hall–Kier alpha value is -3.11. The van der Waals surface area contributed by atoms with E-state index in [1.54, 1.807) is 11.8 Å². The highest BCUT2D eigenvalue weighted by atomic mass is 32.2. The molecular weight excluding hydrogens is 384 g/mol. The highest BCUT2D eigenvalue weighted by Gasteiger charge is 2.25. The molecule has 0 aliphatic rings. The van der Waals surface area contributed by atoms with Crippen LogP contribution in [0.25, 0.3) is 11.5 Å². The summed E-state index contributed by atoms with van der Waals surface area (Å²) in [5.74, 6) is 0.325. The summed E-state index contributed by atoms with van der Waals surface area (Å²) in [4.78, 5) is 14.7. The van der Waals surface area contributed by atoms with Crippen molar-refractivity contribution in [2.45, 2.75) is 37.7 Å². The Labute approximate surface area is 174 Å². The van der Waals surface area contributed by atoms with Crippen LogP contribution in [0.2, 0.25) is 0 Å². The van der Waals surface area contributed by atoms with Crippen molar-refractivity contribution in [3.63, 3.8) is 0 Å². The number of hydrogen-bond acceptors (Lipinski definition) is 6. The number of nitrogens with zero attached hydrogens (tertiary/aromatic N) is 4. The molecule has 29 heavy (non-hydrogen) atoms. The molecule has 0 bridgehead atoms. The SMILES string of the molecule is Cc1cc(C)cc(-c2nnc(SC(C)C(=O)N(CCC#N)c3ccccc3)o2)c1. The summed E-state index contributed by atoms with van der Waals surface area (Å²) >= 11 is 1.22. The van der Waals surface area contributed by atoms with E-state index in [1.807, 2.05) is 56.3 Å². The van der Waals surface area contributed by atoms with E-state index in [1.165, 1.54) is 11.8 Å². The number of carbonyl (C=O) groups excluding carboxylic acids is 1. The van der Waals surface area contributed by atoms with Crippen LogP contribution in [-0.4, -0.2) is 27.9 Å². The van der Waals surface area contributed by atoms with Crippen molar-refractivity contribution in [2.24, 2.45) is 0 Å². The monoisotopic (exact) mass is 406 g/mol. The number of hydrogen-bond donors (Lipinski definition) is 0. The maximum atomic E-state index is 13.0. The standard InChI is InChI=1S/C22H22N4O2S/c1-15-12-16(2)14-18(13-15)20-24-25-22(28-20)29-17(3)21(27)26(11-7-10-23)19-8-5-4-6-9-19/h4-6,8-9,12-14,17H,7,11H2,1-3H3. The molecule has 2 aromatic carbocycles. The maximum absolute atomic E-state index is 13.0. The molecule has 1 aromatic heterocycles. The summed E-state index contributed by atoms with van der Waals surface area (Å²) in [6.45, 7) is 6.17.